The van der Waals surface area contributed by atoms with E-state index in [0.29, 0.717) is 12.2 Å². The van der Waals surface area contributed by atoms with Crippen molar-refractivity contribution in [3.63, 3.8) is 0 Å². The molecule has 0 spiro atoms. The zero-order chi connectivity index (χ0) is 16.3. The minimum Gasteiger partial charge on any atom is -0.478 e. The van der Waals surface area contributed by atoms with Gasteiger partial charge in [-0.3, -0.25) is 0 Å². The van der Waals surface area contributed by atoms with Gasteiger partial charge in [-0.1, -0.05) is 6.92 Å². The molecular formula is C14H16N2O4S2. The Hall–Kier alpha value is -1.90. The molecule has 1 heterocycles. The van der Waals surface area contributed by atoms with Gasteiger partial charge in [0.25, 0.3) is 0 Å². The number of benzene rings is 1. The Labute approximate surface area is 132 Å². The molecule has 0 aliphatic rings. The van der Waals surface area contributed by atoms with E-state index in [2.05, 4.69) is 23.7 Å². The van der Waals surface area contributed by atoms with Crippen molar-refractivity contribution in [2.45, 2.75) is 24.8 Å². The topological polar surface area (TPSA) is 109 Å². The van der Waals surface area contributed by atoms with Crippen LogP contribution in [0.5, 0.6) is 0 Å². The van der Waals surface area contributed by atoms with Gasteiger partial charge in [0.05, 0.1) is 10.5 Å². The van der Waals surface area contributed by atoms with Crippen molar-refractivity contribution in [1.82, 2.24) is 0 Å². The minimum absolute atomic E-state index is 0.126. The van der Waals surface area contributed by atoms with Gasteiger partial charge in [0.1, 0.15) is 0 Å². The third-order valence-electron chi connectivity index (χ3n) is 3.12. The van der Waals surface area contributed by atoms with E-state index in [1.165, 1.54) is 17.7 Å². The molecule has 0 bridgehead atoms. The number of nitrogens with one attached hydrogen (secondary N) is 1. The van der Waals surface area contributed by atoms with Gasteiger partial charge in [0.2, 0.25) is 10.0 Å². The summed E-state index contributed by atoms with van der Waals surface area (Å²) in [6.45, 7) is 2.54. The normalized spacial score (nSPS) is 11.4. The smallest absolute Gasteiger partial charge is 0.337 e. The Kier molecular flexibility index (Phi) is 4.84. The summed E-state index contributed by atoms with van der Waals surface area (Å²) in [7, 11) is -3.93. The molecule has 2 aromatic rings. The summed E-state index contributed by atoms with van der Waals surface area (Å²) in [5, 5.41) is 19.3. The van der Waals surface area contributed by atoms with E-state index >= 15 is 0 Å². The zero-order valence-electron chi connectivity index (χ0n) is 11.9. The summed E-state index contributed by atoms with van der Waals surface area (Å²) in [5.41, 5.74) is 1.45. The molecule has 4 N–H and O–H groups in total. The van der Waals surface area contributed by atoms with Crippen LogP contribution in [0.4, 0.5) is 5.69 Å². The first kappa shape index (κ1) is 16.5. The summed E-state index contributed by atoms with van der Waals surface area (Å²) in [6, 6.07) is 5.82. The maximum Gasteiger partial charge on any atom is 0.337 e. The van der Waals surface area contributed by atoms with E-state index in [1.807, 2.05) is 0 Å². The third-order valence-corrected chi connectivity index (χ3v) is 5.02. The van der Waals surface area contributed by atoms with E-state index in [1.54, 1.807) is 11.3 Å². The van der Waals surface area contributed by atoms with Gasteiger partial charge in [-0.25, -0.2) is 18.4 Å². The predicted molar refractivity (Wildman–Crippen MR) is 85.8 cm³/mol. The number of hydrogen-bond acceptors (Lipinski definition) is 5. The number of sulfonamides is 1. The monoisotopic (exact) mass is 340 g/mol. The van der Waals surface area contributed by atoms with E-state index < -0.39 is 16.0 Å². The molecule has 0 atom stereocenters. The van der Waals surface area contributed by atoms with Gasteiger partial charge in [-0.05, 0) is 41.6 Å². The van der Waals surface area contributed by atoms with E-state index in [-0.39, 0.29) is 10.5 Å². The largest absolute Gasteiger partial charge is 0.478 e. The summed E-state index contributed by atoms with van der Waals surface area (Å²) < 4.78 is 22.6. The zero-order valence-corrected chi connectivity index (χ0v) is 13.5. The van der Waals surface area contributed by atoms with Gasteiger partial charge < -0.3 is 10.4 Å². The third kappa shape index (κ3) is 3.85. The molecule has 0 unspecified atom stereocenters. The molecule has 1 aromatic heterocycles. The van der Waals surface area contributed by atoms with E-state index in [0.717, 1.165) is 17.4 Å². The fourth-order valence-electron chi connectivity index (χ4n) is 1.92. The maximum atomic E-state index is 11.3. The van der Waals surface area contributed by atoms with Crippen LogP contribution in [0.15, 0.2) is 34.5 Å². The first-order chi connectivity index (χ1) is 10.3. The van der Waals surface area contributed by atoms with Crippen LogP contribution in [-0.4, -0.2) is 19.5 Å². The highest BCUT2D eigenvalue weighted by Crippen LogP contribution is 2.22. The number of nitrogens with two attached hydrogens (primary N) is 1. The Morgan fingerprint density at radius 1 is 1.36 bits per heavy atom. The predicted octanol–water partition coefficient (Wildman–Crippen LogP) is 2.27. The summed E-state index contributed by atoms with van der Waals surface area (Å²) in [4.78, 5) is 12.1. The number of thiophene rings is 1. The molecule has 22 heavy (non-hydrogen) atoms. The molecule has 118 valence electrons. The van der Waals surface area contributed by atoms with Gasteiger partial charge >= 0.3 is 5.97 Å². The molecule has 8 heteroatoms. The average Bonchev–Trinajstić information content (AvgIpc) is 2.91. The fraction of sp³-hybridized carbons (Fsp3) is 0.214. The number of aryl methyl sites for hydroxylation is 1. The number of carboxylic acids is 1. The number of anilines is 1. The highest BCUT2D eigenvalue weighted by Gasteiger charge is 2.16. The second-order valence-corrected chi connectivity index (χ2v) is 7.24. The number of hydrogen-bond donors (Lipinski definition) is 3. The average molecular weight is 340 g/mol. The Morgan fingerprint density at radius 3 is 2.64 bits per heavy atom. The highest BCUT2D eigenvalue weighted by atomic mass is 32.2. The van der Waals surface area contributed by atoms with Crippen LogP contribution in [0.2, 0.25) is 0 Å². The molecule has 1 aromatic carbocycles. The van der Waals surface area contributed by atoms with Crippen LogP contribution < -0.4 is 10.5 Å². The van der Waals surface area contributed by atoms with Gasteiger partial charge in [0.15, 0.2) is 0 Å². The highest BCUT2D eigenvalue weighted by molar-refractivity contribution is 7.89. The van der Waals surface area contributed by atoms with Crippen molar-refractivity contribution < 1.29 is 18.3 Å². The van der Waals surface area contributed by atoms with Crippen molar-refractivity contribution in [2.24, 2.45) is 5.14 Å². The van der Waals surface area contributed by atoms with Crippen molar-refractivity contribution in [3.8, 4) is 0 Å². The first-order valence-corrected chi connectivity index (χ1v) is 8.94. The minimum atomic E-state index is -3.93. The van der Waals surface area contributed by atoms with Crippen LogP contribution in [0.25, 0.3) is 0 Å². The van der Waals surface area contributed by atoms with Crippen LogP contribution in [0.1, 0.15) is 27.7 Å². The van der Waals surface area contributed by atoms with Crippen molar-refractivity contribution >= 4 is 33.0 Å². The molecular weight excluding hydrogens is 324 g/mol. The summed E-state index contributed by atoms with van der Waals surface area (Å²) in [5.74, 6) is -1.21. The van der Waals surface area contributed by atoms with Crippen LogP contribution >= 0.6 is 11.3 Å². The lowest BCUT2D eigenvalue weighted by Gasteiger charge is -2.10. The molecule has 0 saturated carbocycles. The molecule has 0 radical (unpaired) electrons. The lowest BCUT2D eigenvalue weighted by molar-refractivity contribution is 0.0697. The molecule has 0 fully saturated rings. The molecule has 0 amide bonds. The lowest BCUT2D eigenvalue weighted by Crippen LogP contribution is -2.14. The van der Waals surface area contributed by atoms with Crippen LogP contribution in [0.3, 0.4) is 0 Å². The van der Waals surface area contributed by atoms with Gasteiger partial charge in [-0.2, -0.15) is 0 Å². The molecule has 6 nitrogen and oxygen atoms in total. The number of aromatic carboxylic acids is 1. The molecule has 0 aliphatic heterocycles. The van der Waals surface area contributed by atoms with Gasteiger partial charge in [0, 0.05) is 17.1 Å². The second-order valence-electron chi connectivity index (χ2n) is 4.69. The Balaban J connectivity index is 2.25. The number of carboxylic acid groups (broad SMARTS) is 1. The van der Waals surface area contributed by atoms with Crippen molar-refractivity contribution in [3.05, 3.63) is 45.6 Å². The molecule has 0 saturated heterocycles. The van der Waals surface area contributed by atoms with E-state index in [4.69, 9.17) is 5.14 Å². The first-order valence-electron chi connectivity index (χ1n) is 6.51. The summed E-state index contributed by atoms with van der Waals surface area (Å²) >= 11 is 1.59. The summed E-state index contributed by atoms with van der Waals surface area (Å²) in [6.07, 6.45) is 0.944. The Bertz CT molecular complexity index is 797. The van der Waals surface area contributed by atoms with Crippen LogP contribution in [0, 0.1) is 0 Å². The Morgan fingerprint density at radius 2 is 2.09 bits per heavy atom. The second kappa shape index (κ2) is 6.47. The number of rotatable bonds is 6. The number of carbonyl (C=O) groups is 1. The van der Waals surface area contributed by atoms with Crippen LogP contribution in [-0.2, 0) is 23.0 Å². The quantitative estimate of drug-likeness (QED) is 0.747. The maximum absolute atomic E-state index is 11.3. The van der Waals surface area contributed by atoms with Gasteiger partial charge in [-0.15, -0.1) is 11.3 Å². The number of primary sulfonamides is 1. The van der Waals surface area contributed by atoms with Crippen molar-refractivity contribution in [2.75, 3.05) is 5.32 Å². The van der Waals surface area contributed by atoms with Crippen molar-refractivity contribution in [1.29, 1.82) is 0 Å². The standard InChI is InChI=1S/C14H16N2O4S2/c1-2-9-5-10(21-8-9)7-16-13-4-3-11(22(15,19)20)6-12(13)14(17)18/h3-6,8,16H,2,7H2,1H3,(H,17,18)(H2,15,19,20). The molecule has 2 rings (SSSR count). The molecule has 0 aliphatic carbocycles. The fourth-order valence-corrected chi connectivity index (χ4v) is 3.37. The van der Waals surface area contributed by atoms with E-state index in [9.17, 15) is 18.3 Å². The SMILES string of the molecule is CCc1csc(CNc2ccc(S(N)(=O)=O)cc2C(=O)O)c1. The lowest BCUT2D eigenvalue weighted by atomic mass is 10.1.